The van der Waals surface area contributed by atoms with Crippen molar-refractivity contribution in [2.45, 2.75) is 32.3 Å². The van der Waals surface area contributed by atoms with E-state index in [4.69, 9.17) is 26.8 Å². The first-order chi connectivity index (χ1) is 9.06. The topological polar surface area (TPSA) is 64.7 Å². The summed E-state index contributed by atoms with van der Waals surface area (Å²) in [7, 11) is 0. The minimum Gasteiger partial charge on any atom is -0.489 e. The molecule has 1 aromatic carbocycles. The Morgan fingerprint density at radius 2 is 2.00 bits per heavy atom. The maximum absolute atomic E-state index is 10.1. The van der Waals surface area contributed by atoms with E-state index < -0.39 is 6.10 Å². The second-order valence-corrected chi connectivity index (χ2v) is 5.38. The predicted octanol–water partition coefficient (Wildman–Crippen LogP) is 2.62. The molecule has 1 unspecified atom stereocenters. The quantitative estimate of drug-likeness (QED) is 0.896. The fourth-order valence-corrected chi connectivity index (χ4v) is 2.67. The van der Waals surface area contributed by atoms with Gasteiger partial charge in [-0.1, -0.05) is 25.4 Å². The second kappa shape index (κ2) is 5.99. The van der Waals surface area contributed by atoms with E-state index in [-0.39, 0.29) is 12.5 Å². The van der Waals surface area contributed by atoms with Crippen LogP contribution in [0.5, 0.6) is 11.5 Å². The molecule has 2 rings (SSSR count). The predicted molar refractivity (Wildman–Crippen MR) is 75.2 cm³/mol. The van der Waals surface area contributed by atoms with E-state index in [1.165, 1.54) is 0 Å². The first-order valence-electron chi connectivity index (χ1n) is 6.56. The Labute approximate surface area is 118 Å². The number of aliphatic hydroxyl groups excluding tert-OH is 1. The lowest BCUT2D eigenvalue weighted by Gasteiger charge is -2.23. The number of rotatable bonds is 3. The molecule has 0 saturated heterocycles. The Morgan fingerprint density at radius 1 is 1.32 bits per heavy atom. The van der Waals surface area contributed by atoms with E-state index in [2.05, 4.69) is 0 Å². The molecular formula is C14H20ClNO3. The summed E-state index contributed by atoms with van der Waals surface area (Å²) in [4.78, 5) is 0. The second-order valence-electron chi connectivity index (χ2n) is 4.97. The SMILES string of the molecule is CC(C)c1c2c(cc(Cl)c1C(O)CN)OCCCO2. The van der Waals surface area contributed by atoms with Crippen molar-refractivity contribution in [1.29, 1.82) is 0 Å². The van der Waals surface area contributed by atoms with Crippen molar-refractivity contribution < 1.29 is 14.6 Å². The lowest BCUT2D eigenvalue weighted by Crippen LogP contribution is -2.15. The van der Waals surface area contributed by atoms with Crippen LogP contribution in [0.3, 0.4) is 0 Å². The minimum absolute atomic E-state index is 0.124. The van der Waals surface area contributed by atoms with Crippen LogP contribution < -0.4 is 15.2 Å². The first kappa shape index (κ1) is 14.4. The number of hydrogen-bond acceptors (Lipinski definition) is 4. The van der Waals surface area contributed by atoms with Crippen molar-refractivity contribution in [2.75, 3.05) is 19.8 Å². The van der Waals surface area contributed by atoms with E-state index in [1.54, 1.807) is 6.07 Å². The number of ether oxygens (including phenoxy) is 2. The fraction of sp³-hybridized carbons (Fsp3) is 0.571. The Balaban J connectivity index is 2.64. The maximum atomic E-state index is 10.1. The van der Waals surface area contributed by atoms with Crippen LogP contribution in [0.25, 0.3) is 0 Å². The standard InChI is InChI=1S/C14H20ClNO3/c1-8(2)12-13(10(17)7-16)9(15)6-11-14(12)19-5-3-4-18-11/h6,8,10,17H,3-5,7,16H2,1-2H3. The molecule has 0 radical (unpaired) electrons. The van der Waals surface area contributed by atoms with E-state index >= 15 is 0 Å². The first-order valence-corrected chi connectivity index (χ1v) is 6.94. The number of fused-ring (bicyclic) bond motifs is 1. The van der Waals surface area contributed by atoms with Crippen molar-refractivity contribution in [2.24, 2.45) is 5.73 Å². The van der Waals surface area contributed by atoms with Gasteiger partial charge < -0.3 is 20.3 Å². The van der Waals surface area contributed by atoms with E-state index in [0.717, 1.165) is 12.0 Å². The van der Waals surface area contributed by atoms with Gasteiger partial charge in [-0.15, -0.1) is 0 Å². The third kappa shape index (κ3) is 2.81. The Bertz CT molecular complexity index is 462. The maximum Gasteiger partial charge on any atom is 0.165 e. The van der Waals surface area contributed by atoms with Gasteiger partial charge in [0.15, 0.2) is 11.5 Å². The third-order valence-electron chi connectivity index (χ3n) is 3.20. The summed E-state index contributed by atoms with van der Waals surface area (Å²) >= 11 is 6.29. The average Bonchev–Trinajstić information content (AvgIpc) is 2.60. The Kier molecular flexibility index (Phi) is 4.55. The minimum atomic E-state index is -0.790. The van der Waals surface area contributed by atoms with Gasteiger partial charge in [-0.2, -0.15) is 0 Å². The van der Waals surface area contributed by atoms with Crippen molar-refractivity contribution >= 4 is 11.6 Å². The summed E-state index contributed by atoms with van der Waals surface area (Å²) in [6.45, 7) is 5.41. The fourth-order valence-electron chi connectivity index (χ4n) is 2.34. The molecule has 1 heterocycles. The van der Waals surface area contributed by atoms with Gasteiger partial charge >= 0.3 is 0 Å². The number of benzene rings is 1. The summed E-state index contributed by atoms with van der Waals surface area (Å²) in [5, 5.41) is 10.6. The molecule has 0 amide bonds. The summed E-state index contributed by atoms with van der Waals surface area (Å²) < 4.78 is 11.5. The molecule has 4 nitrogen and oxygen atoms in total. The van der Waals surface area contributed by atoms with Crippen LogP contribution in [0.4, 0.5) is 0 Å². The number of halogens is 1. The normalized spacial score (nSPS) is 16.3. The Hall–Kier alpha value is -0.970. The lowest BCUT2D eigenvalue weighted by atomic mass is 9.92. The molecule has 0 aliphatic carbocycles. The largest absolute Gasteiger partial charge is 0.489 e. The highest BCUT2D eigenvalue weighted by Crippen LogP contribution is 2.45. The van der Waals surface area contributed by atoms with Crippen molar-refractivity contribution in [3.05, 3.63) is 22.2 Å². The van der Waals surface area contributed by atoms with E-state index in [1.807, 2.05) is 13.8 Å². The molecule has 1 aliphatic rings. The summed E-state index contributed by atoms with van der Waals surface area (Å²) in [5.41, 5.74) is 7.12. The van der Waals surface area contributed by atoms with Gasteiger partial charge in [0.2, 0.25) is 0 Å². The van der Waals surface area contributed by atoms with Gasteiger partial charge in [-0.05, 0) is 5.92 Å². The molecule has 1 aromatic rings. The van der Waals surface area contributed by atoms with Crippen molar-refractivity contribution in [3.8, 4) is 11.5 Å². The molecule has 0 spiro atoms. The van der Waals surface area contributed by atoms with Gasteiger partial charge in [0, 0.05) is 30.2 Å². The molecule has 19 heavy (non-hydrogen) atoms. The highest BCUT2D eigenvalue weighted by atomic mass is 35.5. The van der Waals surface area contributed by atoms with Crippen LogP contribution >= 0.6 is 11.6 Å². The highest BCUT2D eigenvalue weighted by molar-refractivity contribution is 6.31. The van der Waals surface area contributed by atoms with Gasteiger partial charge in [0.25, 0.3) is 0 Å². The highest BCUT2D eigenvalue weighted by Gasteiger charge is 2.26. The van der Waals surface area contributed by atoms with Crippen LogP contribution in [0.1, 0.15) is 43.4 Å². The van der Waals surface area contributed by atoms with Crippen molar-refractivity contribution in [1.82, 2.24) is 0 Å². The van der Waals surface area contributed by atoms with E-state index in [0.29, 0.717) is 35.3 Å². The zero-order valence-electron chi connectivity index (χ0n) is 11.3. The zero-order chi connectivity index (χ0) is 14.0. The molecular weight excluding hydrogens is 266 g/mol. The summed E-state index contributed by atoms with van der Waals surface area (Å²) in [6, 6.07) is 1.71. The van der Waals surface area contributed by atoms with Crippen LogP contribution in [-0.2, 0) is 0 Å². The lowest BCUT2D eigenvalue weighted by molar-refractivity contribution is 0.184. The number of nitrogens with two attached hydrogens (primary N) is 1. The smallest absolute Gasteiger partial charge is 0.165 e. The van der Waals surface area contributed by atoms with Crippen LogP contribution in [0.2, 0.25) is 5.02 Å². The molecule has 1 atom stereocenters. The molecule has 1 aliphatic heterocycles. The third-order valence-corrected chi connectivity index (χ3v) is 3.51. The van der Waals surface area contributed by atoms with Gasteiger partial charge in [0.1, 0.15) is 0 Å². The molecule has 106 valence electrons. The molecule has 0 aromatic heterocycles. The molecule has 0 bridgehead atoms. The average molecular weight is 286 g/mol. The molecule has 5 heteroatoms. The van der Waals surface area contributed by atoms with E-state index in [9.17, 15) is 5.11 Å². The number of hydrogen-bond donors (Lipinski definition) is 2. The summed E-state index contributed by atoms with van der Waals surface area (Å²) in [5.74, 6) is 1.50. The Morgan fingerprint density at radius 3 is 2.63 bits per heavy atom. The van der Waals surface area contributed by atoms with Gasteiger partial charge in [0.05, 0.1) is 24.3 Å². The van der Waals surface area contributed by atoms with Crippen LogP contribution in [0.15, 0.2) is 6.07 Å². The summed E-state index contributed by atoms with van der Waals surface area (Å²) in [6.07, 6.45) is 0.0422. The molecule has 3 N–H and O–H groups in total. The molecule has 0 fully saturated rings. The molecule has 0 saturated carbocycles. The monoisotopic (exact) mass is 285 g/mol. The van der Waals surface area contributed by atoms with Gasteiger partial charge in [-0.25, -0.2) is 0 Å². The van der Waals surface area contributed by atoms with Crippen LogP contribution in [-0.4, -0.2) is 24.9 Å². The number of aliphatic hydroxyl groups is 1. The van der Waals surface area contributed by atoms with Gasteiger partial charge in [-0.3, -0.25) is 0 Å². The zero-order valence-corrected chi connectivity index (χ0v) is 12.0. The van der Waals surface area contributed by atoms with Crippen LogP contribution in [0, 0.1) is 0 Å². The van der Waals surface area contributed by atoms with Crippen molar-refractivity contribution in [3.63, 3.8) is 0 Å².